The Bertz CT molecular complexity index is 1820. The molecule has 2 atom stereocenters. The molecular formula is C56H70. The second-order valence-electron chi connectivity index (χ2n) is 19.7. The third kappa shape index (κ3) is 7.00. The second-order valence-corrected chi connectivity index (χ2v) is 19.7. The standard InChI is InChI=1S/C56H70/c1-5-9-13-17-23-47-25-21-29-52(50(47)27-19-15-11-7-3)56(53-30-22-26-48(24-18-14-10-6-2)51(53)28-20-16-12-8-4)49-35-45-34-46(36-49)41-55(56,40-45)54-37-42-31-43(38-54)33-44(32-42)39-54/h21-22,25-26,29-30,42-46,49H,5-16,31-41H2,1-4H3. The number of rotatable bonds is 11. The largest absolute Gasteiger partial charge is 0.0978 e. The first kappa shape index (κ1) is 39.5. The summed E-state index contributed by atoms with van der Waals surface area (Å²) >= 11 is 0. The summed E-state index contributed by atoms with van der Waals surface area (Å²) in [5.74, 6) is 35.4. The first-order valence-corrected chi connectivity index (χ1v) is 23.7. The van der Waals surface area contributed by atoms with Crippen molar-refractivity contribution in [3.8, 4) is 47.4 Å². The highest BCUT2D eigenvalue weighted by atomic mass is 14.8. The van der Waals surface area contributed by atoms with Gasteiger partial charge in [0.05, 0.1) is 0 Å². The number of hydrogen-bond acceptors (Lipinski definition) is 0. The van der Waals surface area contributed by atoms with E-state index < -0.39 is 0 Å². The summed E-state index contributed by atoms with van der Waals surface area (Å²) in [6, 6.07) is 14.6. The van der Waals surface area contributed by atoms with Gasteiger partial charge in [-0.15, -0.1) is 0 Å². The van der Waals surface area contributed by atoms with Crippen LogP contribution in [0.5, 0.6) is 0 Å². The fraction of sp³-hybridized carbons (Fsp3) is 0.643. The monoisotopic (exact) mass is 743 g/mol. The normalized spacial score (nSPS) is 31.0. The van der Waals surface area contributed by atoms with Crippen molar-refractivity contribution in [2.24, 2.45) is 46.3 Å². The van der Waals surface area contributed by atoms with E-state index in [4.69, 9.17) is 0 Å². The molecular weight excluding hydrogens is 673 g/mol. The summed E-state index contributed by atoms with van der Waals surface area (Å²) in [6.07, 6.45) is 28.9. The van der Waals surface area contributed by atoms with E-state index in [1.165, 1.54) is 130 Å². The van der Waals surface area contributed by atoms with Crippen LogP contribution in [0, 0.1) is 93.7 Å². The first-order valence-electron chi connectivity index (χ1n) is 23.7. The average Bonchev–Trinajstić information content (AvgIpc) is 3.19. The molecule has 0 heterocycles. The van der Waals surface area contributed by atoms with Crippen molar-refractivity contribution in [3.63, 3.8) is 0 Å². The summed E-state index contributed by atoms with van der Waals surface area (Å²) < 4.78 is 0. The third-order valence-corrected chi connectivity index (χ3v) is 16.1. The van der Waals surface area contributed by atoms with Gasteiger partial charge in [0.2, 0.25) is 0 Å². The first-order chi connectivity index (χ1) is 27.5. The highest BCUT2D eigenvalue weighted by Crippen LogP contribution is 2.81. The van der Waals surface area contributed by atoms with Gasteiger partial charge in [-0.2, -0.15) is 0 Å². The zero-order chi connectivity index (χ0) is 38.6. The molecule has 0 N–H and O–H groups in total. The molecule has 8 bridgehead atoms. The van der Waals surface area contributed by atoms with Crippen LogP contribution in [0.15, 0.2) is 36.4 Å². The minimum Gasteiger partial charge on any atom is -0.0978 e. The van der Waals surface area contributed by atoms with E-state index in [-0.39, 0.29) is 10.8 Å². The molecule has 2 unspecified atom stereocenters. The summed E-state index contributed by atoms with van der Waals surface area (Å²) in [5, 5.41) is 0. The van der Waals surface area contributed by atoms with Crippen LogP contribution in [0.4, 0.5) is 0 Å². The maximum atomic E-state index is 3.98. The number of unbranched alkanes of at least 4 members (excludes halogenated alkanes) is 8. The lowest BCUT2D eigenvalue weighted by Crippen LogP contribution is -2.71. The maximum Gasteiger partial charge on any atom is 0.0443 e. The zero-order valence-corrected chi connectivity index (χ0v) is 35.7. The molecule has 0 aromatic heterocycles. The smallest absolute Gasteiger partial charge is 0.0443 e. The van der Waals surface area contributed by atoms with E-state index in [0.717, 1.165) is 81.0 Å². The van der Waals surface area contributed by atoms with Crippen LogP contribution in [-0.4, -0.2) is 0 Å². The SMILES string of the molecule is CCCCC#Cc1cccc(C2(c3cccc(C#CCCCC)c3C#CCCCC)C3CC4CC(C3)CC2(C23CC5CC(CC(C5)C2)C3)C4)c1C#CCCCC. The average molecular weight is 743 g/mol. The molecule has 0 spiro atoms. The fourth-order valence-corrected chi connectivity index (χ4v) is 14.6. The fourth-order valence-electron chi connectivity index (χ4n) is 14.6. The van der Waals surface area contributed by atoms with Gasteiger partial charge in [0.1, 0.15) is 0 Å². The highest BCUT2D eigenvalue weighted by Gasteiger charge is 2.75. The van der Waals surface area contributed by atoms with Gasteiger partial charge in [0.25, 0.3) is 0 Å². The van der Waals surface area contributed by atoms with Gasteiger partial charge in [0.15, 0.2) is 0 Å². The van der Waals surface area contributed by atoms with Crippen molar-refractivity contribution in [1.82, 2.24) is 0 Å². The molecule has 8 aliphatic carbocycles. The second kappa shape index (κ2) is 17.3. The Hall–Kier alpha value is -3.32. The van der Waals surface area contributed by atoms with Crippen LogP contribution >= 0.6 is 0 Å². The Labute approximate surface area is 343 Å². The molecule has 2 aromatic rings. The Kier molecular flexibility index (Phi) is 12.2. The van der Waals surface area contributed by atoms with Crippen molar-refractivity contribution in [2.45, 2.75) is 181 Å². The summed E-state index contributed by atoms with van der Waals surface area (Å²) in [5.41, 5.74) is 8.30. The molecule has 2 aromatic carbocycles. The van der Waals surface area contributed by atoms with Gasteiger partial charge in [-0.05, 0) is 166 Å². The number of benzene rings is 2. The van der Waals surface area contributed by atoms with E-state index in [0.29, 0.717) is 11.3 Å². The Morgan fingerprint density at radius 2 is 0.839 bits per heavy atom. The van der Waals surface area contributed by atoms with Crippen LogP contribution in [0.2, 0.25) is 0 Å². The van der Waals surface area contributed by atoms with E-state index in [2.05, 4.69) is 111 Å². The lowest BCUT2D eigenvalue weighted by molar-refractivity contribution is -0.234. The van der Waals surface area contributed by atoms with Crippen molar-refractivity contribution < 1.29 is 0 Å². The van der Waals surface area contributed by atoms with E-state index in [1.807, 2.05) is 0 Å². The molecule has 8 aliphatic rings. The molecule has 8 fully saturated rings. The minimum atomic E-state index is -0.169. The van der Waals surface area contributed by atoms with Gasteiger partial charge in [-0.3, -0.25) is 0 Å². The summed E-state index contributed by atoms with van der Waals surface area (Å²) in [4.78, 5) is 0. The molecule has 56 heavy (non-hydrogen) atoms. The van der Waals surface area contributed by atoms with Gasteiger partial charge in [0, 0.05) is 53.4 Å². The topological polar surface area (TPSA) is 0 Å². The van der Waals surface area contributed by atoms with Crippen molar-refractivity contribution in [3.05, 3.63) is 69.8 Å². The van der Waals surface area contributed by atoms with Crippen molar-refractivity contribution in [2.75, 3.05) is 0 Å². The Morgan fingerprint density at radius 3 is 1.23 bits per heavy atom. The zero-order valence-electron chi connectivity index (χ0n) is 35.7. The van der Waals surface area contributed by atoms with Gasteiger partial charge < -0.3 is 0 Å². The predicted molar refractivity (Wildman–Crippen MR) is 236 cm³/mol. The summed E-state index contributed by atoms with van der Waals surface area (Å²) in [6.45, 7) is 9.14. The highest BCUT2D eigenvalue weighted by molar-refractivity contribution is 5.66. The lowest BCUT2D eigenvalue weighted by atomic mass is 9.26. The predicted octanol–water partition coefficient (Wildman–Crippen LogP) is 14.2. The van der Waals surface area contributed by atoms with E-state index >= 15 is 0 Å². The van der Waals surface area contributed by atoms with E-state index in [9.17, 15) is 0 Å². The number of hydrogen-bond donors (Lipinski definition) is 0. The molecule has 0 radical (unpaired) electrons. The molecule has 0 nitrogen and oxygen atoms in total. The minimum absolute atomic E-state index is 0.169. The molecule has 0 saturated heterocycles. The van der Waals surface area contributed by atoms with Crippen LogP contribution in [0.25, 0.3) is 0 Å². The van der Waals surface area contributed by atoms with E-state index in [1.54, 1.807) is 0 Å². The Balaban J connectivity index is 1.46. The molecule has 10 rings (SSSR count). The summed E-state index contributed by atoms with van der Waals surface area (Å²) in [7, 11) is 0. The van der Waals surface area contributed by atoms with Crippen LogP contribution in [0.3, 0.4) is 0 Å². The van der Waals surface area contributed by atoms with Crippen LogP contribution in [0.1, 0.15) is 209 Å². The molecule has 8 saturated carbocycles. The Morgan fingerprint density at radius 1 is 0.464 bits per heavy atom. The third-order valence-electron chi connectivity index (χ3n) is 16.1. The molecule has 0 aliphatic heterocycles. The van der Waals surface area contributed by atoms with Gasteiger partial charge >= 0.3 is 0 Å². The lowest BCUT2D eigenvalue weighted by Gasteiger charge is -2.77. The van der Waals surface area contributed by atoms with Gasteiger partial charge in [-0.1, -0.05) is 125 Å². The molecule has 294 valence electrons. The van der Waals surface area contributed by atoms with Gasteiger partial charge in [-0.25, -0.2) is 0 Å². The van der Waals surface area contributed by atoms with Crippen molar-refractivity contribution in [1.29, 1.82) is 0 Å². The molecule has 0 heteroatoms. The van der Waals surface area contributed by atoms with Crippen LogP contribution in [-0.2, 0) is 5.41 Å². The quantitative estimate of drug-likeness (QED) is 0.159. The maximum absolute atomic E-state index is 3.98. The van der Waals surface area contributed by atoms with Crippen molar-refractivity contribution >= 4 is 0 Å². The van der Waals surface area contributed by atoms with Crippen LogP contribution < -0.4 is 0 Å². The molecule has 0 amide bonds.